The van der Waals surface area contributed by atoms with Gasteiger partial charge in [0.2, 0.25) is 0 Å². The summed E-state index contributed by atoms with van der Waals surface area (Å²) in [7, 11) is -1.65. The number of hydrogen-bond acceptors (Lipinski definition) is 3. The number of carbonyl (C=O) groups is 1. The molecule has 0 spiro atoms. The summed E-state index contributed by atoms with van der Waals surface area (Å²) in [6.45, 7) is -2.99. The Kier molecular flexibility index (Phi) is 3.26. The Morgan fingerprint density at radius 2 is 2.20 bits per heavy atom. The van der Waals surface area contributed by atoms with E-state index in [2.05, 4.69) is 5.03 Å². The Balaban J connectivity index is 2.98. The third-order valence-corrected chi connectivity index (χ3v) is 1.71. The van der Waals surface area contributed by atoms with Crippen molar-refractivity contribution < 1.29 is 23.6 Å². The van der Waals surface area contributed by atoms with Crippen molar-refractivity contribution in [2.45, 2.75) is 6.55 Å². The van der Waals surface area contributed by atoms with Crippen LogP contribution >= 0.6 is 0 Å². The van der Waals surface area contributed by atoms with Gasteiger partial charge in [0, 0.05) is 5.56 Å². The van der Waals surface area contributed by atoms with Crippen molar-refractivity contribution in [1.29, 1.82) is 1.43 Å². The Morgan fingerprint density at radius 3 is 2.80 bits per heavy atom. The Morgan fingerprint density at radius 1 is 1.53 bits per heavy atom. The lowest BCUT2D eigenvalue weighted by atomic mass is 9.77. The van der Waals surface area contributed by atoms with Gasteiger partial charge in [-0.3, -0.25) is 10.1 Å². The van der Waals surface area contributed by atoms with Gasteiger partial charge in [0.25, 0.3) is 5.91 Å². The summed E-state index contributed by atoms with van der Waals surface area (Å²) < 4.78 is 30.3. The average Bonchev–Trinajstić information content (AvgIpc) is 2.27. The summed E-state index contributed by atoms with van der Waals surface area (Å²) in [6, 6.07) is 5.48. The van der Waals surface area contributed by atoms with Crippen LogP contribution in [0.25, 0.3) is 0 Å². The summed E-state index contributed by atoms with van der Waals surface area (Å²) in [5.41, 5.74) is -0.210. The van der Waals surface area contributed by atoms with Gasteiger partial charge in [0.15, 0.2) is 1.43 Å². The minimum Gasteiger partial charge on any atom is -0.423 e. The highest BCUT2D eigenvalue weighted by Crippen LogP contribution is 1.99. The highest BCUT2D eigenvalue weighted by atomic mass is 19.3. The highest BCUT2D eigenvalue weighted by Gasteiger charge is 2.20. The molecule has 0 aliphatic carbocycles. The van der Waals surface area contributed by atoms with Crippen LogP contribution in [0.2, 0.25) is 0 Å². The van der Waals surface area contributed by atoms with Crippen LogP contribution in [0.15, 0.2) is 24.3 Å². The number of carbonyl (C=O) groups excluding carboxylic acids is 1. The van der Waals surface area contributed by atoms with Gasteiger partial charge in [-0.15, -0.1) is 0 Å². The fourth-order valence-electron chi connectivity index (χ4n) is 1.10. The second-order valence-corrected chi connectivity index (χ2v) is 2.71. The summed E-state index contributed by atoms with van der Waals surface area (Å²) in [5, 5.41) is 14.5. The number of rotatable bonds is 4. The average molecular weight is 216 g/mol. The van der Waals surface area contributed by atoms with Crippen molar-refractivity contribution in [2.75, 3.05) is 0 Å². The minimum absolute atomic E-state index is 0.0457. The Labute approximate surface area is 86.2 Å². The molecule has 1 amide bonds. The van der Waals surface area contributed by atoms with Crippen LogP contribution < -0.4 is 10.8 Å². The molecule has 1 aromatic carbocycles. The molecule has 3 N–H and O–H groups in total. The topological polar surface area (TPSA) is 69.6 Å². The van der Waals surface area contributed by atoms with Gasteiger partial charge in [-0.2, -0.15) is 8.78 Å². The van der Waals surface area contributed by atoms with E-state index in [0.717, 1.165) is 0 Å². The number of alkyl halides is 2. The molecule has 0 aromatic heterocycles. The van der Waals surface area contributed by atoms with Crippen molar-refractivity contribution in [3.8, 4) is 0 Å². The largest absolute Gasteiger partial charge is 0.489 e. The summed E-state index contributed by atoms with van der Waals surface area (Å²) in [6.07, 6.45) is 0. The molecular weight excluding hydrogens is 207 g/mol. The zero-order valence-electron chi connectivity index (χ0n) is 8.48. The van der Waals surface area contributed by atoms with Gasteiger partial charge in [-0.25, -0.2) is 0 Å². The molecule has 4 nitrogen and oxygen atoms in total. The summed E-state index contributed by atoms with van der Waals surface area (Å²) in [5.74, 6) is -1.04. The van der Waals surface area contributed by atoms with Crippen molar-refractivity contribution in [3.05, 3.63) is 29.8 Å². The van der Waals surface area contributed by atoms with Crippen molar-refractivity contribution in [3.63, 3.8) is 0 Å². The molecule has 80 valence electrons. The number of benzene rings is 1. The summed E-state index contributed by atoms with van der Waals surface area (Å²) >= 11 is 0. The molecule has 0 fully saturated rings. The van der Waals surface area contributed by atoms with Crippen LogP contribution in [0.5, 0.6) is 0 Å². The molecule has 0 unspecified atom stereocenters. The van der Waals surface area contributed by atoms with E-state index in [1.807, 2.05) is 0 Å². The fourth-order valence-corrected chi connectivity index (χ4v) is 1.10. The van der Waals surface area contributed by atoms with Gasteiger partial charge >= 0.3 is 13.7 Å². The molecule has 7 heteroatoms. The van der Waals surface area contributed by atoms with Gasteiger partial charge < -0.3 is 10.1 Å². The molecule has 0 atom stereocenters. The summed E-state index contributed by atoms with van der Waals surface area (Å²) in [4.78, 5) is 11.3. The molecule has 1 rings (SSSR count). The SMILES string of the molecule is [2H]OB(O)c1ccccc1C(=O)NC(F)F. The molecular formula is C8H8BF2NO3. The van der Waals surface area contributed by atoms with E-state index in [1.165, 1.54) is 29.6 Å². The first-order chi connectivity index (χ1) is 7.56. The highest BCUT2D eigenvalue weighted by molar-refractivity contribution is 6.60. The van der Waals surface area contributed by atoms with Crippen LogP contribution in [0.4, 0.5) is 8.78 Å². The van der Waals surface area contributed by atoms with Gasteiger partial charge in [-0.1, -0.05) is 18.2 Å². The lowest BCUT2D eigenvalue weighted by Crippen LogP contribution is -2.39. The van der Waals surface area contributed by atoms with Gasteiger partial charge in [-0.05, 0) is 11.5 Å². The molecule has 0 bridgehead atoms. The maximum atomic E-state index is 11.9. The Hall–Kier alpha value is -1.47. The first-order valence-corrected chi connectivity index (χ1v) is 4.04. The zero-order valence-corrected chi connectivity index (χ0v) is 7.48. The van der Waals surface area contributed by atoms with Crippen LogP contribution in [-0.4, -0.2) is 31.1 Å². The quantitative estimate of drug-likeness (QED) is 0.461. The van der Waals surface area contributed by atoms with E-state index >= 15 is 0 Å². The molecule has 0 heterocycles. The van der Waals surface area contributed by atoms with E-state index in [1.54, 1.807) is 0 Å². The molecule has 15 heavy (non-hydrogen) atoms. The first kappa shape index (κ1) is 10.1. The monoisotopic (exact) mass is 216 g/mol. The van der Waals surface area contributed by atoms with E-state index in [4.69, 9.17) is 1.43 Å². The number of hydrogen-bond donors (Lipinski definition) is 3. The van der Waals surface area contributed by atoms with Crippen LogP contribution in [0.1, 0.15) is 10.4 Å². The van der Waals surface area contributed by atoms with Crippen LogP contribution in [0.3, 0.4) is 0 Å². The van der Waals surface area contributed by atoms with E-state index in [0.29, 0.717) is 0 Å². The number of amides is 1. The zero-order chi connectivity index (χ0) is 12.1. The predicted octanol–water partition coefficient (Wildman–Crippen LogP) is -0.681. The molecule has 0 aliphatic rings. The smallest absolute Gasteiger partial charge is 0.423 e. The fraction of sp³-hybridized carbons (Fsp3) is 0.125. The normalized spacial score (nSPS) is 11.1. The minimum atomic E-state index is -2.99. The third-order valence-electron chi connectivity index (χ3n) is 1.71. The first-order valence-electron chi connectivity index (χ1n) is 4.45. The number of halogens is 2. The second kappa shape index (κ2) is 4.85. The van der Waals surface area contributed by atoms with Crippen molar-refractivity contribution in [2.24, 2.45) is 0 Å². The Bertz CT molecular complexity index is 380. The second-order valence-electron chi connectivity index (χ2n) is 2.71. The third kappa shape index (κ3) is 3.00. The molecule has 0 radical (unpaired) electrons. The molecule has 1 aromatic rings. The van der Waals surface area contributed by atoms with E-state index in [-0.39, 0.29) is 11.0 Å². The number of nitrogens with one attached hydrogen (secondary N) is 1. The lowest BCUT2D eigenvalue weighted by Gasteiger charge is -2.08. The van der Waals surface area contributed by atoms with Crippen molar-refractivity contribution in [1.82, 2.24) is 5.32 Å². The van der Waals surface area contributed by atoms with Gasteiger partial charge in [0.05, 0.1) is 0 Å². The molecule has 0 saturated heterocycles. The van der Waals surface area contributed by atoms with Gasteiger partial charge in [0.1, 0.15) is 0 Å². The maximum absolute atomic E-state index is 11.9. The molecule has 0 saturated carbocycles. The van der Waals surface area contributed by atoms with E-state index < -0.39 is 19.6 Å². The maximum Gasteiger partial charge on any atom is 0.489 e. The van der Waals surface area contributed by atoms with Crippen LogP contribution in [0, 0.1) is 0 Å². The van der Waals surface area contributed by atoms with Crippen molar-refractivity contribution >= 4 is 18.5 Å². The lowest BCUT2D eigenvalue weighted by molar-refractivity contribution is 0.0700. The standard InChI is InChI=1S/C8H8BF2NO3/c10-8(11)12-7(13)5-3-1-2-4-6(5)9(14)15/h1-4,8,14-15H,(H,12,13)/i14D. The predicted molar refractivity (Wildman–Crippen MR) is 49.7 cm³/mol. The van der Waals surface area contributed by atoms with Crippen LogP contribution in [-0.2, 0) is 0 Å². The molecule has 0 aliphatic heterocycles. The van der Waals surface area contributed by atoms with E-state index in [9.17, 15) is 18.6 Å².